The minimum absolute atomic E-state index is 0.0241. The molecule has 18 heavy (non-hydrogen) atoms. The van der Waals surface area contributed by atoms with Crippen LogP contribution in [0.2, 0.25) is 0 Å². The van der Waals surface area contributed by atoms with Crippen LogP contribution in [0.25, 0.3) is 0 Å². The van der Waals surface area contributed by atoms with Gasteiger partial charge in [-0.2, -0.15) is 13.2 Å². The van der Waals surface area contributed by atoms with Gasteiger partial charge in [-0.15, -0.1) is 0 Å². The lowest BCUT2D eigenvalue weighted by Gasteiger charge is -2.17. The Kier molecular flexibility index (Phi) is 2.17. The first-order valence-electron chi connectivity index (χ1n) is 5.86. The molecule has 1 aromatic carbocycles. The molecule has 5 heteroatoms. The Morgan fingerprint density at radius 3 is 2.39 bits per heavy atom. The lowest BCUT2D eigenvalue weighted by atomic mass is 9.88. The van der Waals surface area contributed by atoms with Crippen molar-refractivity contribution in [2.24, 2.45) is 5.41 Å². The highest BCUT2D eigenvalue weighted by atomic mass is 19.4. The number of benzene rings is 1. The Hall–Kier alpha value is -1.10. The molecule has 1 nitrogen and oxygen atoms in total. The molecule has 1 aromatic rings. The molecule has 2 fully saturated rings. The molecule has 1 aliphatic heterocycles. The third-order valence-electron chi connectivity index (χ3n) is 4.44. The third kappa shape index (κ3) is 1.49. The van der Waals surface area contributed by atoms with E-state index >= 15 is 0 Å². The fourth-order valence-corrected chi connectivity index (χ4v) is 3.26. The predicted molar refractivity (Wildman–Crippen MR) is 58.7 cm³/mol. The van der Waals surface area contributed by atoms with Crippen molar-refractivity contribution in [1.82, 2.24) is 5.32 Å². The first kappa shape index (κ1) is 12.0. The van der Waals surface area contributed by atoms with Crippen LogP contribution in [-0.4, -0.2) is 13.1 Å². The summed E-state index contributed by atoms with van der Waals surface area (Å²) in [7, 11) is 0. The van der Waals surface area contributed by atoms with Gasteiger partial charge in [-0.1, -0.05) is 6.92 Å². The van der Waals surface area contributed by atoms with Crippen molar-refractivity contribution in [1.29, 1.82) is 0 Å². The normalized spacial score (nSPS) is 34.5. The number of hydrogen-bond donors (Lipinski definition) is 1. The van der Waals surface area contributed by atoms with E-state index in [1.807, 2.05) is 6.92 Å². The average Bonchev–Trinajstić information content (AvgIpc) is 2.71. The SMILES string of the molecule is CC12CNCC1(c1cc(F)cc(C(F)(F)F)c1)C2. The molecule has 2 atom stereocenters. The Labute approximate surface area is 102 Å². The van der Waals surface area contributed by atoms with Crippen molar-refractivity contribution in [3.05, 3.63) is 35.1 Å². The van der Waals surface area contributed by atoms with Crippen LogP contribution in [0.1, 0.15) is 24.5 Å². The number of hydrogen-bond acceptors (Lipinski definition) is 1. The monoisotopic (exact) mass is 259 g/mol. The molecule has 0 radical (unpaired) electrons. The van der Waals surface area contributed by atoms with E-state index in [0.29, 0.717) is 18.2 Å². The maximum atomic E-state index is 13.4. The lowest BCUT2D eigenvalue weighted by molar-refractivity contribution is -0.137. The fourth-order valence-electron chi connectivity index (χ4n) is 3.26. The van der Waals surface area contributed by atoms with Crippen molar-refractivity contribution >= 4 is 0 Å². The zero-order valence-electron chi connectivity index (χ0n) is 9.87. The Bertz CT molecular complexity index is 506. The smallest absolute Gasteiger partial charge is 0.315 e. The summed E-state index contributed by atoms with van der Waals surface area (Å²) in [5, 5.41) is 3.18. The number of piperidine rings is 1. The fraction of sp³-hybridized carbons (Fsp3) is 0.538. The minimum Gasteiger partial charge on any atom is -0.315 e. The molecular formula is C13H13F4N. The number of alkyl halides is 3. The molecule has 3 rings (SSSR count). The first-order valence-corrected chi connectivity index (χ1v) is 5.86. The molecule has 0 amide bonds. The van der Waals surface area contributed by atoms with Gasteiger partial charge in [0.2, 0.25) is 0 Å². The number of fused-ring (bicyclic) bond motifs is 1. The van der Waals surface area contributed by atoms with Gasteiger partial charge in [0.1, 0.15) is 5.82 Å². The molecule has 98 valence electrons. The van der Waals surface area contributed by atoms with Gasteiger partial charge in [0.15, 0.2) is 0 Å². The van der Waals surface area contributed by atoms with Crippen LogP contribution < -0.4 is 5.32 Å². The average molecular weight is 259 g/mol. The van der Waals surface area contributed by atoms with E-state index in [-0.39, 0.29) is 10.8 Å². The molecule has 0 bridgehead atoms. The maximum Gasteiger partial charge on any atom is 0.416 e. The van der Waals surface area contributed by atoms with Crippen LogP contribution in [-0.2, 0) is 11.6 Å². The van der Waals surface area contributed by atoms with E-state index in [4.69, 9.17) is 0 Å². The molecule has 1 heterocycles. The standard InChI is InChI=1S/C13H13F4N/c1-11-5-12(11,7-18-6-11)8-2-9(13(15,16)17)4-10(14)3-8/h2-4,18H,5-7H2,1H3. The van der Waals surface area contributed by atoms with E-state index in [9.17, 15) is 17.6 Å². The molecule has 1 saturated carbocycles. The van der Waals surface area contributed by atoms with Gasteiger partial charge in [0.05, 0.1) is 5.56 Å². The van der Waals surface area contributed by atoms with E-state index in [1.165, 1.54) is 6.07 Å². The largest absolute Gasteiger partial charge is 0.416 e. The van der Waals surface area contributed by atoms with E-state index in [2.05, 4.69) is 5.32 Å². The quantitative estimate of drug-likeness (QED) is 0.764. The summed E-state index contributed by atoms with van der Waals surface area (Å²) in [5.41, 5.74) is -0.756. The zero-order valence-corrected chi connectivity index (χ0v) is 9.87. The summed E-state index contributed by atoms with van der Waals surface area (Å²) in [6, 6.07) is 2.90. The highest BCUT2D eigenvalue weighted by molar-refractivity contribution is 5.43. The van der Waals surface area contributed by atoms with Gasteiger partial charge in [0, 0.05) is 18.5 Å². The summed E-state index contributed by atoms with van der Waals surface area (Å²) >= 11 is 0. The lowest BCUT2D eigenvalue weighted by Crippen LogP contribution is -2.20. The van der Waals surface area contributed by atoms with Gasteiger partial charge in [-0.25, -0.2) is 4.39 Å². The summed E-state index contributed by atoms with van der Waals surface area (Å²) in [5.74, 6) is -0.810. The molecule has 0 aromatic heterocycles. The van der Waals surface area contributed by atoms with E-state index in [1.54, 1.807) is 0 Å². The maximum absolute atomic E-state index is 13.4. The van der Waals surface area contributed by atoms with E-state index < -0.39 is 17.6 Å². The van der Waals surface area contributed by atoms with Gasteiger partial charge >= 0.3 is 6.18 Å². The number of rotatable bonds is 1. The van der Waals surface area contributed by atoms with Crippen molar-refractivity contribution in [3.63, 3.8) is 0 Å². The summed E-state index contributed by atoms with van der Waals surface area (Å²) in [6.07, 6.45) is -3.67. The van der Waals surface area contributed by atoms with Gasteiger partial charge < -0.3 is 5.32 Å². The summed E-state index contributed by atoms with van der Waals surface area (Å²) < 4.78 is 51.5. The summed E-state index contributed by atoms with van der Waals surface area (Å²) in [4.78, 5) is 0. The molecule has 1 aliphatic carbocycles. The first-order chi connectivity index (χ1) is 8.27. The molecule has 0 spiro atoms. The Morgan fingerprint density at radius 2 is 1.89 bits per heavy atom. The van der Waals surface area contributed by atoms with Crippen LogP contribution in [0.5, 0.6) is 0 Å². The van der Waals surface area contributed by atoms with Crippen molar-refractivity contribution in [2.75, 3.05) is 13.1 Å². The molecule has 1 saturated heterocycles. The Morgan fingerprint density at radius 1 is 1.17 bits per heavy atom. The molecule has 2 unspecified atom stereocenters. The molecule has 1 N–H and O–H groups in total. The highest BCUT2D eigenvalue weighted by Crippen LogP contribution is 2.66. The minimum atomic E-state index is -4.50. The van der Waals surface area contributed by atoms with Gasteiger partial charge in [-0.3, -0.25) is 0 Å². The second-order valence-corrected chi connectivity index (χ2v) is 5.65. The van der Waals surface area contributed by atoms with Gasteiger partial charge in [-0.05, 0) is 35.6 Å². The van der Waals surface area contributed by atoms with Crippen LogP contribution in [0.4, 0.5) is 17.6 Å². The van der Waals surface area contributed by atoms with Crippen molar-refractivity contribution in [3.8, 4) is 0 Å². The van der Waals surface area contributed by atoms with Crippen LogP contribution in [0, 0.1) is 11.2 Å². The predicted octanol–water partition coefficient (Wildman–Crippen LogP) is 3.10. The van der Waals surface area contributed by atoms with Crippen molar-refractivity contribution < 1.29 is 17.6 Å². The Balaban J connectivity index is 2.07. The van der Waals surface area contributed by atoms with Gasteiger partial charge in [0.25, 0.3) is 0 Å². The summed E-state index contributed by atoms with van der Waals surface area (Å²) in [6.45, 7) is 3.44. The van der Waals surface area contributed by atoms with E-state index in [0.717, 1.165) is 19.0 Å². The van der Waals surface area contributed by atoms with Crippen LogP contribution in [0.3, 0.4) is 0 Å². The second-order valence-electron chi connectivity index (χ2n) is 5.65. The number of nitrogens with one attached hydrogen (secondary N) is 1. The van der Waals surface area contributed by atoms with Crippen LogP contribution in [0.15, 0.2) is 18.2 Å². The molecule has 2 aliphatic rings. The highest BCUT2D eigenvalue weighted by Gasteiger charge is 2.67. The van der Waals surface area contributed by atoms with Crippen molar-refractivity contribution in [2.45, 2.75) is 24.9 Å². The topological polar surface area (TPSA) is 12.0 Å². The third-order valence-corrected chi connectivity index (χ3v) is 4.44. The molecular weight excluding hydrogens is 246 g/mol. The second kappa shape index (κ2) is 3.26. The zero-order chi connectivity index (χ0) is 13.2. The van der Waals surface area contributed by atoms with Crippen LogP contribution >= 0.6 is 0 Å². The number of halogens is 4.